The van der Waals surface area contributed by atoms with Crippen molar-refractivity contribution in [3.63, 3.8) is 0 Å². The van der Waals surface area contributed by atoms with E-state index in [0.717, 1.165) is 0 Å². The quantitative estimate of drug-likeness (QED) is 0.537. The van der Waals surface area contributed by atoms with Crippen LogP contribution in [0.4, 0.5) is 8.78 Å². The number of nitrogens with zero attached hydrogens (tertiary/aromatic N) is 1. The summed E-state index contributed by atoms with van der Waals surface area (Å²) >= 11 is 0. The molecule has 1 fully saturated rings. The van der Waals surface area contributed by atoms with Crippen molar-refractivity contribution in [3.05, 3.63) is 0 Å². The van der Waals surface area contributed by atoms with Crippen molar-refractivity contribution >= 4 is 0 Å². The standard InChI is InChI=1S/C6H12F2N2O/c7-6(8)1-3-10(4-2-6)5(9)11/h5,11H,1-4,9H2. The fourth-order valence-corrected chi connectivity index (χ4v) is 1.12. The molecule has 1 saturated heterocycles. The number of aliphatic hydroxyl groups excluding tert-OH is 1. The van der Waals surface area contributed by atoms with Gasteiger partial charge in [0.1, 0.15) is 0 Å². The maximum absolute atomic E-state index is 12.5. The molecule has 1 heterocycles. The fraction of sp³-hybridized carbons (Fsp3) is 1.00. The number of rotatable bonds is 1. The minimum atomic E-state index is -2.56. The van der Waals surface area contributed by atoms with Gasteiger partial charge in [-0.2, -0.15) is 0 Å². The predicted molar refractivity (Wildman–Crippen MR) is 35.9 cm³/mol. The van der Waals surface area contributed by atoms with Gasteiger partial charge in [-0.25, -0.2) is 8.78 Å². The molecule has 0 aromatic heterocycles. The fourth-order valence-electron chi connectivity index (χ4n) is 1.12. The molecule has 3 nitrogen and oxygen atoms in total. The number of hydrogen-bond acceptors (Lipinski definition) is 3. The van der Waals surface area contributed by atoms with Crippen LogP contribution in [0.15, 0.2) is 0 Å². The minimum Gasteiger partial charge on any atom is -0.365 e. The number of hydrogen-bond donors (Lipinski definition) is 2. The van der Waals surface area contributed by atoms with E-state index in [1.165, 1.54) is 4.90 Å². The third-order valence-electron chi connectivity index (χ3n) is 1.90. The van der Waals surface area contributed by atoms with E-state index < -0.39 is 12.3 Å². The highest BCUT2D eigenvalue weighted by Crippen LogP contribution is 2.27. The largest absolute Gasteiger partial charge is 0.365 e. The summed E-state index contributed by atoms with van der Waals surface area (Å²) in [5.74, 6) is -2.56. The highest BCUT2D eigenvalue weighted by atomic mass is 19.3. The van der Waals surface area contributed by atoms with Crippen LogP contribution in [0, 0.1) is 0 Å². The molecule has 0 bridgehead atoms. The third kappa shape index (κ3) is 2.36. The van der Waals surface area contributed by atoms with Crippen LogP contribution >= 0.6 is 0 Å². The molecule has 1 atom stereocenters. The molecular weight excluding hydrogens is 154 g/mol. The molecular formula is C6H12F2N2O. The molecule has 1 aliphatic rings. The number of alkyl halides is 2. The lowest BCUT2D eigenvalue weighted by atomic mass is 10.1. The van der Waals surface area contributed by atoms with Crippen LogP contribution in [-0.4, -0.2) is 35.4 Å². The van der Waals surface area contributed by atoms with E-state index in [9.17, 15) is 8.78 Å². The highest BCUT2D eigenvalue weighted by molar-refractivity contribution is 4.77. The van der Waals surface area contributed by atoms with Crippen LogP contribution in [-0.2, 0) is 0 Å². The predicted octanol–water partition coefficient (Wildman–Crippen LogP) is -0.0479. The molecule has 1 rings (SSSR count). The molecule has 3 N–H and O–H groups in total. The Hall–Kier alpha value is -0.260. The second kappa shape index (κ2) is 3.00. The first-order valence-electron chi connectivity index (χ1n) is 3.57. The third-order valence-corrected chi connectivity index (χ3v) is 1.90. The van der Waals surface area contributed by atoms with E-state index in [1.54, 1.807) is 0 Å². The van der Waals surface area contributed by atoms with Gasteiger partial charge < -0.3 is 5.11 Å². The van der Waals surface area contributed by atoms with Crippen LogP contribution in [0.25, 0.3) is 0 Å². The number of halogens is 2. The Kier molecular flexibility index (Phi) is 2.41. The molecule has 0 amide bonds. The zero-order chi connectivity index (χ0) is 8.48. The summed E-state index contributed by atoms with van der Waals surface area (Å²) in [5.41, 5.74) is 5.09. The van der Waals surface area contributed by atoms with Gasteiger partial charge >= 0.3 is 0 Å². The van der Waals surface area contributed by atoms with Crippen LogP contribution in [0.5, 0.6) is 0 Å². The molecule has 0 aromatic rings. The summed E-state index contributed by atoms with van der Waals surface area (Å²) < 4.78 is 25.0. The average Bonchev–Trinajstić information content (AvgIpc) is 1.86. The molecule has 0 spiro atoms. The molecule has 1 unspecified atom stereocenters. The van der Waals surface area contributed by atoms with Crippen molar-refractivity contribution in [3.8, 4) is 0 Å². The molecule has 0 aromatic carbocycles. The topological polar surface area (TPSA) is 49.5 Å². The summed E-state index contributed by atoms with van der Waals surface area (Å²) in [6.45, 7) is 0.343. The summed E-state index contributed by atoms with van der Waals surface area (Å²) in [5, 5.41) is 8.81. The smallest absolute Gasteiger partial charge is 0.250 e. The van der Waals surface area contributed by atoms with Crippen molar-refractivity contribution in [1.29, 1.82) is 0 Å². The lowest BCUT2D eigenvalue weighted by Gasteiger charge is -2.32. The van der Waals surface area contributed by atoms with Gasteiger partial charge in [0.15, 0.2) is 6.35 Å². The molecule has 5 heteroatoms. The van der Waals surface area contributed by atoms with Crippen molar-refractivity contribution in [2.45, 2.75) is 25.1 Å². The normalized spacial score (nSPS) is 28.4. The highest BCUT2D eigenvalue weighted by Gasteiger charge is 2.34. The van der Waals surface area contributed by atoms with Crippen LogP contribution in [0.3, 0.4) is 0 Å². The van der Waals surface area contributed by atoms with Gasteiger partial charge in [-0.1, -0.05) is 0 Å². The Morgan fingerprint density at radius 3 is 2.18 bits per heavy atom. The number of aliphatic hydroxyl groups is 1. The molecule has 0 saturated carbocycles. The van der Waals surface area contributed by atoms with E-state index in [2.05, 4.69) is 0 Å². The second-order valence-electron chi connectivity index (χ2n) is 2.81. The Morgan fingerprint density at radius 1 is 1.36 bits per heavy atom. The van der Waals surface area contributed by atoms with E-state index >= 15 is 0 Å². The zero-order valence-electron chi connectivity index (χ0n) is 6.13. The first kappa shape index (κ1) is 8.83. The van der Waals surface area contributed by atoms with E-state index in [1.807, 2.05) is 0 Å². The number of piperidine rings is 1. The first-order valence-corrected chi connectivity index (χ1v) is 3.57. The molecule has 0 aliphatic carbocycles. The van der Waals surface area contributed by atoms with E-state index in [4.69, 9.17) is 10.8 Å². The number of nitrogens with two attached hydrogens (primary N) is 1. The Balaban J connectivity index is 2.36. The van der Waals surface area contributed by atoms with Gasteiger partial charge in [0.2, 0.25) is 0 Å². The van der Waals surface area contributed by atoms with E-state index in [0.29, 0.717) is 0 Å². The maximum atomic E-state index is 12.5. The van der Waals surface area contributed by atoms with Gasteiger partial charge in [-0.3, -0.25) is 10.6 Å². The SMILES string of the molecule is NC(O)N1CCC(F)(F)CC1. The summed E-state index contributed by atoms with van der Waals surface area (Å²) in [7, 11) is 0. The molecule has 1 aliphatic heterocycles. The van der Waals surface area contributed by atoms with Gasteiger partial charge in [-0.05, 0) is 0 Å². The Bertz CT molecular complexity index is 131. The van der Waals surface area contributed by atoms with Crippen molar-refractivity contribution < 1.29 is 13.9 Å². The second-order valence-corrected chi connectivity index (χ2v) is 2.81. The van der Waals surface area contributed by atoms with Crippen molar-refractivity contribution in [2.24, 2.45) is 5.73 Å². The lowest BCUT2D eigenvalue weighted by molar-refractivity contribution is -0.0927. The van der Waals surface area contributed by atoms with Crippen LogP contribution in [0.2, 0.25) is 0 Å². The number of likely N-dealkylation sites (tertiary alicyclic amines) is 1. The Morgan fingerprint density at radius 2 is 1.82 bits per heavy atom. The van der Waals surface area contributed by atoms with Gasteiger partial charge in [0.05, 0.1) is 0 Å². The van der Waals surface area contributed by atoms with Crippen molar-refractivity contribution in [2.75, 3.05) is 13.1 Å². The lowest BCUT2D eigenvalue weighted by Crippen LogP contribution is -2.48. The monoisotopic (exact) mass is 166 g/mol. The molecule has 0 radical (unpaired) electrons. The van der Waals surface area contributed by atoms with Crippen LogP contribution < -0.4 is 5.73 Å². The summed E-state index contributed by atoms with van der Waals surface area (Å²) in [6, 6.07) is 0. The van der Waals surface area contributed by atoms with Gasteiger partial charge in [0, 0.05) is 25.9 Å². The van der Waals surface area contributed by atoms with Gasteiger partial charge in [0.25, 0.3) is 5.92 Å². The van der Waals surface area contributed by atoms with Gasteiger partial charge in [-0.15, -0.1) is 0 Å². The summed E-state index contributed by atoms with van der Waals surface area (Å²) in [4.78, 5) is 1.43. The van der Waals surface area contributed by atoms with Crippen LogP contribution in [0.1, 0.15) is 12.8 Å². The maximum Gasteiger partial charge on any atom is 0.250 e. The molecule has 11 heavy (non-hydrogen) atoms. The van der Waals surface area contributed by atoms with Crippen molar-refractivity contribution in [1.82, 2.24) is 4.90 Å². The minimum absolute atomic E-state index is 0.171. The summed E-state index contributed by atoms with van der Waals surface area (Å²) in [6.07, 6.45) is -1.51. The average molecular weight is 166 g/mol. The van der Waals surface area contributed by atoms with E-state index in [-0.39, 0.29) is 25.9 Å². The zero-order valence-corrected chi connectivity index (χ0v) is 6.13. The first-order chi connectivity index (χ1) is 5.01. The molecule has 66 valence electrons. The Labute approximate surface area is 63.8 Å².